The van der Waals surface area contributed by atoms with Crippen molar-refractivity contribution in [2.45, 2.75) is 19.8 Å². The lowest BCUT2D eigenvalue weighted by molar-refractivity contribution is -0.116. The largest absolute Gasteiger partial charge is 0.326 e. The lowest BCUT2D eigenvalue weighted by atomic mass is 10.2. The number of benzene rings is 1. The van der Waals surface area contributed by atoms with E-state index in [1.54, 1.807) is 48.0 Å². The Bertz CT molecular complexity index is 909. The number of hydrogen-bond acceptors (Lipinski definition) is 5. The Balaban J connectivity index is 1.55. The molecule has 7 heteroatoms. The van der Waals surface area contributed by atoms with E-state index in [2.05, 4.69) is 20.6 Å². The Labute approximate surface area is 155 Å². The van der Waals surface area contributed by atoms with Crippen LogP contribution < -0.4 is 10.6 Å². The van der Waals surface area contributed by atoms with Crippen molar-refractivity contribution in [2.75, 3.05) is 10.6 Å². The summed E-state index contributed by atoms with van der Waals surface area (Å²) in [6.45, 7) is 1.44. The molecule has 0 aliphatic rings. The summed E-state index contributed by atoms with van der Waals surface area (Å²) in [4.78, 5) is 31.8. The fraction of sp³-hybridized carbons (Fsp3) is 0.158. The van der Waals surface area contributed by atoms with Crippen molar-refractivity contribution < 1.29 is 9.59 Å². The van der Waals surface area contributed by atoms with Gasteiger partial charge in [0.1, 0.15) is 5.01 Å². The van der Waals surface area contributed by atoms with Gasteiger partial charge in [-0.3, -0.25) is 14.6 Å². The number of hydrogen-bond donors (Lipinski definition) is 2. The van der Waals surface area contributed by atoms with Crippen LogP contribution >= 0.6 is 11.3 Å². The van der Waals surface area contributed by atoms with Crippen molar-refractivity contribution in [1.29, 1.82) is 0 Å². The predicted octanol–water partition coefficient (Wildman–Crippen LogP) is 3.73. The lowest BCUT2D eigenvalue weighted by Gasteiger charge is -2.07. The molecule has 0 bridgehead atoms. The summed E-state index contributed by atoms with van der Waals surface area (Å²) in [7, 11) is 0. The van der Waals surface area contributed by atoms with Crippen LogP contribution in [0.15, 0.2) is 54.2 Å². The molecule has 1 aromatic carbocycles. The van der Waals surface area contributed by atoms with Crippen LogP contribution in [0, 0.1) is 0 Å². The number of nitrogens with zero attached hydrogens (tertiary/aromatic N) is 2. The number of rotatable bonds is 6. The third-order valence-corrected chi connectivity index (χ3v) is 4.49. The summed E-state index contributed by atoms with van der Waals surface area (Å²) in [6.07, 6.45) is 4.38. The van der Waals surface area contributed by atoms with Crippen molar-refractivity contribution in [3.8, 4) is 10.6 Å². The van der Waals surface area contributed by atoms with Gasteiger partial charge in [-0.1, -0.05) is 6.07 Å². The molecule has 0 saturated heterocycles. The highest BCUT2D eigenvalue weighted by atomic mass is 32.1. The van der Waals surface area contributed by atoms with Gasteiger partial charge in [0.25, 0.3) is 0 Å². The number of anilines is 2. The van der Waals surface area contributed by atoms with E-state index in [0.717, 1.165) is 16.3 Å². The zero-order valence-corrected chi connectivity index (χ0v) is 15.0. The maximum Gasteiger partial charge on any atom is 0.224 e. The average Bonchev–Trinajstić information content (AvgIpc) is 3.09. The van der Waals surface area contributed by atoms with Crippen LogP contribution in [0.25, 0.3) is 10.6 Å². The maximum absolute atomic E-state index is 12.2. The Morgan fingerprint density at radius 2 is 1.81 bits per heavy atom. The SMILES string of the molecule is CC(=O)Nc1cccc(NC(=O)CCc2csc(-c3ccncc3)n2)c1. The first-order valence-corrected chi connectivity index (χ1v) is 9.00. The fourth-order valence-electron chi connectivity index (χ4n) is 2.39. The average molecular weight is 366 g/mol. The predicted molar refractivity (Wildman–Crippen MR) is 103 cm³/mol. The minimum atomic E-state index is -0.151. The third kappa shape index (κ3) is 4.97. The second-order valence-electron chi connectivity index (χ2n) is 5.69. The standard InChI is InChI=1S/C19H18N4O2S/c1-13(24)21-15-3-2-4-16(11-15)22-18(25)6-5-17-12-26-19(23-17)14-7-9-20-10-8-14/h2-4,7-12H,5-6H2,1H3,(H,21,24)(H,22,25). The third-order valence-electron chi connectivity index (χ3n) is 3.55. The smallest absolute Gasteiger partial charge is 0.224 e. The Morgan fingerprint density at radius 3 is 2.54 bits per heavy atom. The maximum atomic E-state index is 12.2. The summed E-state index contributed by atoms with van der Waals surface area (Å²) in [5, 5.41) is 8.43. The van der Waals surface area contributed by atoms with Gasteiger partial charge in [-0.15, -0.1) is 11.3 Å². The number of carbonyl (C=O) groups excluding carboxylic acids is 2. The molecule has 0 spiro atoms. The van der Waals surface area contributed by atoms with Crippen LogP contribution in [-0.2, 0) is 16.0 Å². The zero-order valence-electron chi connectivity index (χ0n) is 14.2. The summed E-state index contributed by atoms with van der Waals surface area (Å²) in [5.41, 5.74) is 3.22. The highest BCUT2D eigenvalue weighted by molar-refractivity contribution is 7.13. The first-order valence-electron chi connectivity index (χ1n) is 8.12. The van der Waals surface area contributed by atoms with Gasteiger partial charge in [-0.05, 0) is 36.8 Å². The van der Waals surface area contributed by atoms with E-state index in [0.29, 0.717) is 24.2 Å². The van der Waals surface area contributed by atoms with Crippen LogP contribution in [0.4, 0.5) is 11.4 Å². The van der Waals surface area contributed by atoms with Crippen LogP contribution in [0.5, 0.6) is 0 Å². The summed E-state index contributed by atoms with van der Waals surface area (Å²) in [5.74, 6) is -0.245. The van der Waals surface area contributed by atoms with Crippen LogP contribution in [-0.4, -0.2) is 21.8 Å². The Morgan fingerprint density at radius 1 is 1.08 bits per heavy atom. The van der Waals surface area contributed by atoms with Crippen LogP contribution in [0.2, 0.25) is 0 Å². The first kappa shape index (κ1) is 17.8. The quantitative estimate of drug-likeness (QED) is 0.696. The summed E-state index contributed by atoms with van der Waals surface area (Å²) >= 11 is 1.56. The van der Waals surface area contributed by atoms with E-state index in [9.17, 15) is 9.59 Å². The molecule has 3 aromatic rings. The second-order valence-corrected chi connectivity index (χ2v) is 6.55. The molecule has 2 amide bonds. The van der Waals surface area contributed by atoms with Crippen molar-refractivity contribution in [1.82, 2.24) is 9.97 Å². The Kier molecular flexibility index (Phi) is 5.70. The molecule has 2 heterocycles. The fourth-order valence-corrected chi connectivity index (χ4v) is 3.25. The number of aryl methyl sites for hydroxylation is 1. The van der Waals surface area contributed by atoms with E-state index in [1.165, 1.54) is 6.92 Å². The molecule has 0 unspecified atom stereocenters. The summed E-state index contributed by atoms with van der Waals surface area (Å²) < 4.78 is 0. The highest BCUT2D eigenvalue weighted by Gasteiger charge is 2.08. The number of nitrogens with one attached hydrogen (secondary N) is 2. The molecule has 0 aliphatic carbocycles. The lowest BCUT2D eigenvalue weighted by Crippen LogP contribution is -2.13. The van der Waals surface area contributed by atoms with Gasteiger partial charge in [0.2, 0.25) is 11.8 Å². The number of carbonyl (C=O) groups is 2. The molecular formula is C19H18N4O2S. The van der Waals surface area contributed by atoms with Crippen molar-refractivity contribution in [3.05, 3.63) is 59.9 Å². The molecule has 0 radical (unpaired) electrons. The molecule has 132 valence electrons. The molecule has 26 heavy (non-hydrogen) atoms. The summed E-state index contributed by atoms with van der Waals surface area (Å²) in [6, 6.07) is 10.9. The number of thiazole rings is 1. The zero-order chi connectivity index (χ0) is 18.4. The van der Waals surface area contributed by atoms with Gasteiger partial charge < -0.3 is 10.6 Å². The topological polar surface area (TPSA) is 84.0 Å². The van der Waals surface area contributed by atoms with Gasteiger partial charge in [0.15, 0.2) is 0 Å². The molecule has 0 fully saturated rings. The minimum Gasteiger partial charge on any atom is -0.326 e. The highest BCUT2D eigenvalue weighted by Crippen LogP contribution is 2.23. The number of aromatic nitrogens is 2. The van der Waals surface area contributed by atoms with Crippen molar-refractivity contribution in [3.63, 3.8) is 0 Å². The number of amides is 2. The van der Waals surface area contributed by atoms with Crippen molar-refractivity contribution >= 4 is 34.5 Å². The monoisotopic (exact) mass is 366 g/mol. The van der Waals surface area contributed by atoms with E-state index in [4.69, 9.17) is 0 Å². The van der Waals surface area contributed by atoms with Gasteiger partial charge in [0.05, 0.1) is 5.69 Å². The minimum absolute atomic E-state index is 0.0940. The molecule has 2 N–H and O–H groups in total. The second kappa shape index (κ2) is 8.35. The molecule has 6 nitrogen and oxygen atoms in total. The molecule has 0 aliphatic heterocycles. The van der Waals surface area contributed by atoms with Gasteiger partial charge in [-0.2, -0.15) is 0 Å². The Hall–Kier alpha value is -3.06. The molecule has 2 aromatic heterocycles. The molecular weight excluding hydrogens is 348 g/mol. The molecule has 3 rings (SSSR count). The van der Waals surface area contributed by atoms with Gasteiger partial charge >= 0.3 is 0 Å². The molecule has 0 saturated carbocycles. The van der Waals surface area contributed by atoms with E-state index >= 15 is 0 Å². The van der Waals surface area contributed by atoms with Gasteiger partial charge in [0, 0.05) is 48.1 Å². The van der Waals surface area contributed by atoms with Crippen molar-refractivity contribution in [2.24, 2.45) is 0 Å². The normalized spacial score (nSPS) is 10.3. The van der Waals surface area contributed by atoms with Crippen LogP contribution in [0.1, 0.15) is 19.0 Å². The van der Waals surface area contributed by atoms with E-state index in [1.807, 2.05) is 17.5 Å². The molecule has 0 atom stereocenters. The van der Waals surface area contributed by atoms with Crippen LogP contribution in [0.3, 0.4) is 0 Å². The first-order chi connectivity index (χ1) is 12.6. The number of pyridine rings is 1. The van der Waals surface area contributed by atoms with E-state index in [-0.39, 0.29) is 11.8 Å². The van der Waals surface area contributed by atoms with E-state index < -0.39 is 0 Å². The van der Waals surface area contributed by atoms with Gasteiger partial charge in [-0.25, -0.2) is 4.98 Å².